The molecule has 108 valence electrons. The molecular formula is C16H22N2O2. The number of para-hydroxylation sites is 1. The van der Waals surface area contributed by atoms with Crippen LogP contribution in [0.25, 0.3) is 10.9 Å². The molecule has 0 aliphatic carbocycles. The van der Waals surface area contributed by atoms with Gasteiger partial charge in [0.1, 0.15) is 0 Å². The number of unbranched alkanes of at least 4 members (excludes halogenated alkanes) is 2. The molecule has 1 aromatic carbocycles. The Kier molecular flexibility index (Phi) is 5.32. The Morgan fingerprint density at radius 3 is 2.80 bits per heavy atom. The van der Waals surface area contributed by atoms with Crippen LogP contribution >= 0.6 is 0 Å². The number of rotatable bonds is 7. The lowest BCUT2D eigenvalue weighted by Crippen LogP contribution is -2.12. The van der Waals surface area contributed by atoms with Gasteiger partial charge in [-0.15, -0.1) is 0 Å². The third kappa shape index (κ3) is 3.46. The highest BCUT2D eigenvalue weighted by molar-refractivity contribution is 5.79. The second kappa shape index (κ2) is 7.22. The Morgan fingerprint density at radius 1 is 1.20 bits per heavy atom. The molecule has 4 nitrogen and oxygen atoms in total. The van der Waals surface area contributed by atoms with Crippen molar-refractivity contribution in [3.8, 4) is 0 Å². The van der Waals surface area contributed by atoms with Gasteiger partial charge in [0.05, 0.1) is 6.61 Å². The second-order valence-electron chi connectivity index (χ2n) is 5.01. The Bertz CT molecular complexity index is 619. The van der Waals surface area contributed by atoms with E-state index >= 15 is 0 Å². The predicted octanol–water partition coefficient (Wildman–Crippen LogP) is 2.48. The summed E-state index contributed by atoms with van der Waals surface area (Å²) in [6.45, 7) is 3.73. The molecule has 0 saturated carbocycles. The molecule has 0 radical (unpaired) electrons. The maximum Gasteiger partial charge on any atom is 0.192 e. The van der Waals surface area contributed by atoms with Crippen LogP contribution in [0.2, 0.25) is 0 Å². The summed E-state index contributed by atoms with van der Waals surface area (Å²) in [5.41, 5.74) is 8.00. The van der Waals surface area contributed by atoms with Gasteiger partial charge in [0, 0.05) is 28.8 Å². The van der Waals surface area contributed by atoms with E-state index in [0.29, 0.717) is 13.2 Å². The standard InChI is InChI=1S/C16H22N2O2/c1-12-15(11-20-10-6-2-5-9-17)18-14-8-4-3-7-13(14)16(12)19/h3-4,7-8H,2,5-6,9-11,17H2,1H3,(H,18,19). The highest BCUT2D eigenvalue weighted by atomic mass is 16.5. The lowest BCUT2D eigenvalue weighted by atomic mass is 10.1. The smallest absolute Gasteiger partial charge is 0.192 e. The van der Waals surface area contributed by atoms with Gasteiger partial charge in [0.2, 0.25) is 0 Å². The maximum absolute atomic E-state index is 12.2. The van der Waals surface area contributed by atoms with E-state index in [-0.39, 0.29) is 5.43 Å². The normalized spacial score (nSPS) is 11.1. The van der Waals surface area contributed by atoms with Crippen LogP contribution in [-0.2, 0) is 11.3 Å². The molecule has 20 heavy (non-hydrogen) atoms. The first-order chi connectivity index (χ1) is 9.74. The van der Waals surface area contributed by atoms with E-state index in [0.717, 1.165) is 48.0 Å². The number of hydrogen-bond donors (Lipinski definition) is 2. The molecule has 0 atom stereocenters. The van der Waals surface area contributed by atoms with Gasteiger partial charge in [0.25, 0.3) is 0 Å². The molecule has 0 unspecified atom stereocenters. The summed E-state index contributed by atoms with van der Waals surface area (Å²) in [7, 11) is 0. The number of nitrogens with two attached hydrogens (primary N) is 1. The zero-order chi connectivity index (χ0) is 14.4. The van der Waals surface area contributed by atoms with E-state index in [1.165, 1.54) is 0 Å². The van der Waals surface area contributed by atoms with Crippen molar-refractivity contribution in [3.05, 3.63) is 45.7 Å². The molecule has 2 rings (SSSR count). The van der Waals surface area contributed by atoms with Crippen molar-refractivity contribution in [1.82, 2.24) is 4.98 Å². The number of aromatic nitrogens is 1. The molecule has 1 aromatic heterocycles. The fourth-order valence-electron chi connectivity index (χ4n) is 2.23. The van der Waals surface area contributed by atoms with E-state index in [4.69, 9.17) is 10.5 Å². The van der Waals surface area contributed by atoms with E-state index in [9.17, 15) is 4.79 Å². The van der Waals surface area contributed by atoms with Crippen molar-refractivity contribution >= 4 is 10.9 Å². The highest BCUT2D eigenvalue weighted by Crippen LogP contribution is 2.11. The van der Waals surface area contributed by atoms with Gasteiger partial charge >= 0.3 is 0 Å². The zero-order valence-electron chi connectivity index (χ0n) is 11.9. The highest BCUT2D eigenvalue weighted by Gasteiger charge is 2.07. The third-order valence-corrected chi connectivity index (χ3v) is 3.49. The fourth-order valence-corrected chi connectivity index (χ4v) is 2.23. The Hall–Kier alpha value is -1.65. The molecule has 1 heterocycles. The summed E-state index contributed by atoms with van der Waals surface area (Å²) >= 11 is 0. The minimum absolute atomic E-state index is 0.0843. The zero-order valence-corrected chi connectivity index (χ0v) is 11.9. The quantitative estimate of drug-likeness (QED) is 0.762. The minimum Gasteiger partial charge on any atom is -0.375 e. The number of H-pyrrole nitrogens is 1. The SMILES string of the molecule is Cc1c(COCCCCCN)[nH]c2ccccc2c1=O. The first-order valence-corrected chi connectivity index (χ1v) is 7.12. The monoisotopic (exact) mass is 274 g/mol. The maximum atomic E-state index is 12.2. The number of nitrogens with one attached hydrogen (secondary N) is 1. The average Bonchev–Trinajstić information content (AvgIpc) is 2.47. The number of fused-ring (bicyclic) bond motifs is 1. The van der Waals surface area contributed by atoms with Crippen molar-refractivity contribution in [2.24, 2.45) is 5.73 Å². The summed E-state index contributed by atoms with van der Waals surface area (Å²) in [5.74, 6) is 0. The van der Waals surface area contributed by atoms with Crippen LogP contribution in [0, 0.1) is 6.92 Å². The number of aromatic amines is 1. The summed E-state index contributed by atoms with van der Waals surface area (Å²) in [6, 6.07) is 7.56. The van der Waals surface area contributed by atoms with Gasteiger partial charge in [0.15, 0.2) is 5.43 Å². The van der Waals surface area contributed by atoms with Gasteiger partial charge < -0.3 is 15.5 Å². The van der Waals surface area contributed by atoms with Crippen molar-refractivity contribution in [2.45, 2.75) is 32.8 Å². The molecule has 0 saturated heterocycles. The number of hydrogen-bond acceptors (Lipinski definition) is 3. The average molecular weight is 274 g/mol. The Morgan fingerprint density at radius 2 is 2.00 bits per heavy atom. The first kappa shape index (κ1) is 14.8. The topological polar surface area (TPSA) is 68.1 Å². The van der Waals surface area contributed by atoms with Crippen LogP contribution < -0.4 is 11.2 Å². The van der Waals surface area contributed by atoms with Gasteiger partial charge in [-0.3, -0.25) is 4.79 Å². The lowest BCUT2D eigenvalue weighted by molar-refractivity contribution is 0.114. The van der Waals surface area contributed by atoms with Crippen LogP contribution in [0.1, 0.15) is 30.5 Å². The van der Waals surface area contributed by atoms with E-state index in [1.54, 1.807) is 0 Å². The Balaban J connectivity index is 2.03. The van der Waals surface area contributed by atoms with Gasteiger partial charge in [-0.25, -0.2) is 0 Å². The summed E-state index contributed by atoms with van der Waals surface area (Å²) in [4.78, 5) is 15.5. The molecule has 0 aliphatic heterocycles. The lowest BCUT2D eigenvalue weighted by Gasteiger charge is -2.09. The van der Waals surface area contributed by atoms with Gasteiger partial charge in [-0.2, -0.15) is 0 Å². The largest absolute Gasteiger partial charge is 0.375 e. The van der Waals surface area contributed by atoms with E-state index < -0.39 is 0 Å². The van der Waals surface area contributed by atoms with Crippen LogP contribution in [0.3, 0.4) is 0 Å². The number of benzene rings is 1. The van der Waals surface area contributed by atoms with Crippen molar-refractivity contribution < 1.29 is 4.74 Å². The summed E-state index contributed by atoms with van der Waals surface area (Å²) in [6.07, 6.45) is 3.13. The minimum atomic E-state index is 0.0843. The van der Waals surface area contributed by atoms with Crippen LogP contribution in [0.4, 0.5) is 0 Å². The molecule has 0 aliphatic rings. The molecule has 0 amide bonds. The van der Waals surface area contributed by atoms with Crippen LogP contribution in [-0.4, -0.2) is 18.1 Å². The number of ether oxygens (including phenoxy) is 1. The third-order valence-electron chi connectivity index (χ3n) is 3.49. The number of pyridine rings is 1. The fraction of sp³-hybridized carbons (Fsp3) is 0.438. The summed E-state index contributed by atoms with van der Waals surface area (Å²) in [5, 5.41) is 0.733. The molecule has 4 heteroatoms. The van der Waals surface area contributed by atoms with Crippen LogP contribution in [0.15, 0.2) is 29.1 Å². The van der Waals surface area contributed by atoms with Gasteiger partial charge in [-0.05, 0) is 44.9 Å². The van der Waals surface area contributed by atoms with Crippen molar-refractivity contribution in [1.29, 1.82) is 0 Å². The predicted molar refractivity (Wildman–Crippen MR) is 81.9 cm³/mol. The molecule has 2 aromatic rings. The van der Waals surface area contributed by atoms with Gasteiger partial charge in [-0.1, -0.05) is 12.1 Å². The van der Waals surface area contributed by atoms with Crippen molar-refractivity contribution in [2.75, 3.05) is 13.2 Å². The van der Waals surface area contributed by atoms with Crippen LogP contribution in [0.5, 0.6) is 0 Å². The first-order valence-electron chi connectivity index (χ1n) is 7.12. The van der Waals surface area contributed by atoms with E-state index in [2.05, 4.69) is 4.98 Å². The molecule has 0 spiro atoms. The molecule has 0 bridgehead atoms. The summed E-state index contributed by atoms with van der Waals surface area (Å²) < 4.78 is 5.64. The molecule has 3 N–H and O–H groups in total. The molecule has 0 fully saturated rings. The Labute approximate surface area is 119 Å². The van der Waals surface area contributed by atoms with E-state index in [1.807, 2.05) is 31.2 Å². The molecular weight excluding hydrogens is 252 g/mol. The van der Waals surface area contributed by atoms with Crippen molar-refractivity contribution in [3.63, 3.8) is 0 Å². The second-order valence-corrected chi connectivity index (χ2v) is 5.01.